The minimum atomic E-state index is -0.135. The van der Waals surface area contributed by atoms with Gasteiger partial charge in [0.05, 0.1) is 18.2 Å². The predicted octanol–water partition coefficient (Wildman–Crippen LogP) is 1.83. The molecule has 0 aliphatic heterocycles. The Balaban J connectivity index is 3.28. The molecule has 4 heteroatoms. The highest BCUT2D eigenvalue weighted by Gasteiger charge is 2.15. The highest BCUT2D eigenvalue weighted by atomic mass is 32.1. The largest absolute Gasteiger partial charge is 0.487 e. The van der Waals surface area contributed by atoms with Gasteiger partial charge in [-0.25, -0.2) is 0 Å². The van der Waals surface area contributed by atoms with Crippen molar-refractivity contribution in [1.29, 1.82) is 5.26 Å². The van der Waals surface area contributed by atoms with Gasteiger partial charge in [0.1, 0.15) is 6.07 Å². The molecule has 62 valence electrons. The fraction of sp³-hybridized carbons (Fsp3) is 0.250. The van der Waals surface area contributed by atoms with Crippen LogP contribution in [-0.2, 0) is 0 Å². The number of rotatable bonds is 2. The van der Waals surface area contributed by atoms with Crippen LogP contribution in [0, 0.1) is 11.3 Å². The number of hydrogen-bond donors (Lipinski definition) is 0. The van der Waals surface area contributed by atoms with Crippen LogP contribution in [0.25, 0.3) is 0 Å². The van der Waals surface area contributed by atoms with Gasteiger partial charge in [-0.3, -0.25) is 4.79 Å². The Morgan fingerprint density at radius 3 is 2.83 bits per heavy atom. The molecule has 0 atom stereocenters. The summed E-state index contributed by atoms with van der Waals surface area (Å²) in [6, 6.07) is 1.94. The van der Waals surface area contributed by atoms with Crippen molar-refractivity contribution in [2.45, 2.75) is 6.92 Å². The second-order valence-corrected chi connectivity index (χ2v) is 3.03. The maximum absolute atomic E-state index is 11.0. The number of ether oxygens (including phenoxy) is 1. The van der Waals surface area contributed by atoms with E-state index in [0.717, 1.165) is 0 Å². The van der Waals surface area contributed by atoms with E-state index >= 15 is 0 Å². The van der Waals surface area contributed by atoms with Gasteiger partial charge in [0, 0.05) is 5.38 Å². The maximum atomic E-state index is 11.0. The van der Waals surface area contributed by atoms with Gasteiger partial charge in [-0.05, 0) is 6.92 Å². The number of carbonyl (C=O) groups excluding carboxylic acids is 1. The molecule has 1 aromatic rings. The molecule has 1 aromatic heterocycles. The van der Waals surface area contributed by atoms with Crippen LogP contribution in [0.1, 0.15) is 22.8 Å². The van der Waals surface area contributed by atoms with Crippen molar-refractivity contribution in [3.8, 4) is 11.1 Å². The fourth-order valence-corrected chi connectivity index (χ4v) is 1.77. The predicted molar refractivity (Wildman–Crippen MR) is 45.6 cm³/mol. The number of nitriles is 1. The Morgan fingerprint density at radius 2 is 2.42 bits per heavy atom. The van der Waals surface area contributed by atoms with E-state index in [-0.39, 0.29) is 5.78 Å². The highest BCUT2D eigenvalue weighted by Crippen LogP contribution is 2.29. The Kier molecular flexibility index (Phi) is 2.46. The Bertz CT molecular complexity index is 348. The monoisotopic (exact) mass is 181 g/mol. The lowest BCUT2D eigenvalue weighted by Gasteiger charge is -1.96. The summed E-state index contributed by atoms with van der Waals surface area (Å²) in [6.45, 7) is 1.42. The van der Waals surface area contributed by atoms with Gasteiger partial charge in [-0.15, -0.1) is 11.3 Å². The summed E-state index contributed by atoms with van der Waals surface area (Å²) in [5.41, 5.74) is 0.786. The molecule has 0 spiro atoms. The fourth-order valence-electron chi connectivity index (χ4n) is 0.906. The van der Waals surface area contributed by atoms with Gasteiger partial charge in [-0.1, -0.05) is 0 Å². The lowest BCUT2D eigenvalue weighted by molar-refractivity contribution is 0.101. The zero-order chi connectivity index (χ0) is 9.14. The minimum absolute atomic E-state index is 0.135. The smallest absolute Gasteiger partial charge is 0.185 e. The summed E-state index contributed by atoms with van der Waals surface area (Å²) in [6.07, 6.45) is 0. The summed E-state index contributed by atoms with van der Waals surface area (Å²) in [5.74, 6) is -0.135. The summed E-state index contributed by atoms with van der Waals surface area (Å²) < 4.78 is 4.94. The summed E-state index contributed by atoms with van der Waals surface area (Å²) >= 11 is 1.26. The van der Waals surface area contributed by atoms with Crippen LogP contribution in [0.15, 0.2) is 5.38 Å². The van der Waals surface area contributed by atoms with E-state index in [1.807, 2.05) is 6.07 Å². The molecule has 0 bridgehead atoms. The van der Waals surface area contributed by atoms with E-state index in [4.69, 9.17) is 10.00 Å². The second kappa shape index (κ2) is 3.37. The van der Waals surface area contributed by atoms with Crippen molar-refractivity contribution < 1.29 is 9.53 Å². The SMILES string of the molecule is COc1scc(C#N)c1C(C)=O. The van der Waals surface area contributed by atoms with Crippen molar-refractivity contribution in [2.24, 2.45) is 0 Å². The van der Waals surface area contributed by atoms with Gasteiger partial charge in [0.2, 0.25) is 0 Å². The summed E-state index contributed by atoms with van der Waals surface area (Å²) in [4.78, 5) is 11.0. The lowest BCUT2D eigenvalue weighted by Crippen LogP contribution is -1.95. The normalized spacial score (nSPS) is 9.08. The molecule has 0 aliphatic carbocycles. The minimum Gasteiger partial charge on any atom is -0.487 e. The van der Waals surface area contributed by atoms with Crippen molar-refractivity contribution >= 4 is 17.1 Å². The molecule has 1 rings (SSSR count). The molecular formula is C8H7NO2S. The number of carbonyl (C=O) groups is 1. The highest BCUT2D eigenvalue weighted by molar-refractivity contribution is 7.12. The van der Waals surface area contributed by atoms with Gasteiger partial charge < -0.3 is 4.74 Å². The summed E-state index contributed by atoms with van der Waals surface area (Å²) in [5, 5.41) is 10.8. The maximum Gasteiger partial charge on any atom is 0.185 e. The van der Waals surface area contributed by atoms with E-state index in [2.05, 4.69) is 0 Å². The van der Waals surface area contributed by atoms with Gasteiger partial charge >= 0.3 is 0 Å². The first-order valence-electron chi connectivity index (χ1n) is 3.27. The Labute approximate surface area is 74.2 Å². The number of nitrogens with zero attached hydrogens (tertiary/aromatic N) is 1. The van der Waals surface area contributed by atoms with Crippen LogP contribution in [0.4, 0.5) is 0 Å². The topological polar surface area (TPSA) is 50.1 Å². The third-order valence-electron chi connectivity index (χ3n) is 1.42. The van der Waals surface area contributed by atoms with Crippen LogP contribution in [0.3, 0.4) is 0 Å². The van der Waals surface area contributed by atoms with Crippen LogP contribution >= 0.6 is 11.3 Å². The summed E-state index contributed by atoms with van der Waals surface area (Å²) in [7, 11) is 1.49. The van der Waals surface area contributed by atoms with Gasteiger partial charge in [-0.2, -0.15) is 5.26 Å². The molecule has 0 N–H and O–H groups in total. The third-order valence-corrected chi connectivity index (χ3v) is 2.35. The van der Waals surface area contributed by atoms with E-state index in [1.165, 1.54) is 25.4 Å². The van der Waals surface area contributed by atoms with E-state index in [9.17, 15) is 4.79 Å². The Hall–Kier alpha value is -1.34. The number of hydrogen-bond acceptors (Lipinski definition) is 4. The molecule has 0 aliphatic rings. The molecule has 0 amide bonds. The first-order valence-corrected chi connectivity index (χ1v) is 4.15. The van der Waals surface area contributed by atoms with E-state index in [0.29, 0.717) is 16.2 Å². The molecule has 0 fully saturated rings. The number of ketones is 1. The molecule has 12 heavy (non-hydrogen) atoms. The van der Waals surface area contributed by atoms with Gasteiger partial charge in [0.25, 0.3) is 0 Å². The second-order valence-electron chi connectivity index (χ2n) is 2.18. The van der Waals surface area contributed by atoms with Crippen molar-refractivity contribution in [1.82, 2.24) is 0 Å². The third kappa shape index (κ3) is 1.31. The molecule has 3 nitrogen and oxygen atoms in total. The first kappa shape index (κ1) is 8.75. The average molecular weight is 181 g/mol. The molecule has 0 unspecified atom stereocenters. The zero-order valence-corrected chi connectivity index (χ0v) is 7.57. The standard InChI is InChI=1S/C8H7NO2S/c1-5(10)7-6(3-9)4-12-8(7)11-2/h4H,1-2H3. The van der Waals surface area contributed by atoms with Crippen molar-refractivity contribution in [2.75, 3.05) is 7.11 Å². The van der Waals surface area contributed by atoms with Crippen molar-refractivity contribution in [3.63, 3.8) is 0 Å². The van der Waals surface area contributed by atoms with Crippen LogP contribution in [0.2, 0.25) is 0 Å². The van der Waals surface area contributed by atoms with Crippen LogP contribution in [0.5, 0.6) is 5.06 Å². The number of methoxy groups -OCH3 is 1. The van der Waals surface area contributed by atoms with Crippen LogP contribution in [-0.4, -0.2) is 12.9 Å². The first-order chi connectivity index (χ1) is 5.70. The average Bonchev–Trinajstić information content (AvgIpc) is 2.46. The van der Waals surface area contributed by atoms with E-state index in [1.54, 1.807) is 5.38 Å². The molecule has 1 heterocycles. The molecule has 0 aromatic carbocycles. The van der Waals surface area contributed by atoms with E-state index < -0.39 is 0 Å². The number of Topliss-reactive ketones (excluding diaryl/α,β-unsaturated/α-hetero) is 1. The van der Waals surface area contributed by atoms with Gasteiger partial charge in [0.15, 0.2) is 10.8 Å². The molecular weight excluding hydrogens is 174 g/mol. The van der Waals surface area contributed by atoms with Crippen LogP contribution < -0.4 is 4.74 Å². The molecule has 0 saturated carbocycles. The number of thiophene rings is 1. The molecule has 0 saturated heterocycles. The Morgan fingerprint density at radius 1 is 1.75 bits per heavy atom. The van der Waals surface area contributed by atoms with Crippen molar-refractivity contribution in [3.05, 3.63) is 16.5 Å². The quantitative estimate of drug-likeness (QED) is 0.654. The molecule has 0 radical (unpaired) electrons. The lowest BCUT2D eigenvalue weighted by atomic mass is 10.1. The zero-order valence-electron chi connectivity index (χ0n) is 6.75.